The molecule has 0 amide bonds. The molecule has 21 heavy (non-hydrogen) atoms. The second-order valence-electron chi connectivity index (χ2n) is 3.95. The van der Waals surface area contributed by atoms with E-state index in [1.807, 2.05) is 6.92 Å². The van der Waals surface area contributed by atoms with Crippen molar-refractivity contribution in [2.45, 2.75) is 20.0 Å². The fraction of sp³-hybridized carbons (Fsp3) is 0.308. The number of esters is 1. The van der Waals surface area contributed by atoms with Gasteiger partial charge in [-0.25, -0.2) is 4.79 Å². The van der Waals surface area contributed by atoms with E-state index in [0.717, 1.165) is 5.56 Å². The average molecular weight is 302 g/mol. The zero-order valence-electron chi connectivity index (χ0n) is 11.3. The standard InChI is InChI=1S/C13H13F3N2O3/c1-3-21-12(20)10(11(19)13(14,15)16)18-17-9-6-4-8(2)5-7-9/h4-7,19H,3H2,1-2H3/b11-10-,18-17?. The highest BCUT2D eigenvalue weighted by Gasteiger charge is 2.39. The van der Waals surface area contributed by atoms with Gasteiger partial charge in [0.15, 0.2) is 0 Å². The summed E-state index contributed by atoms with van der Waals surface area (Å²) in [6.45, 7) is 3.07. The second-order valence-corrected chi connectivity index (χ2v) is 3.95. The lowest BCUT2D eigenvalue weighted by Gasteiger charge is -2.08. The summed E-state index contributed by atoms with van der Waals surface area (Å²) in [6, 6.07) is 6.36. The number of hydrogen-bond donors (Lipinski definition) is 1. The summed E-state index contributed by atoms with van der Waals surface area (Å²) in [4.78, 5) is 11.4. The minimum Gasteiger partial charge on any atom is -0.502 e. The van der Waals surface area contributed by atoms with Gasteiger partial charge in [0, 0.05) is 0 Å². The van der Waals surface area contributed by atoms with Crippen molar-refractivity contribution in [2.24, 2.45) is 10.2 Å². The van der Waals surface area contributed by atoms with E-state index in [4.69, 9.17) is 5.11 Å². The molecule has 0 bridgehead atoms. The average Bonchev–Trinajstić information content (AvgIpc) is 2.40. The van der Waals surface area contributed by atoms with Crippen LogP contribution in [0.25, 0.3) is 0 Å². The minimum absolute atomic E-state index is 0.159. The molecule has 0 radical (unpaired) electrons. The van der Waals surface area contributed by atoms with Crippen molar-refractivity contribution in [1.82, 2.24) is 0 Å². The Kier molecular flexibility index (Phi) is 5.45. The number of carbonyl (C=O) groups is 1. The third kappa shape index (κ3) is 4.90. The number of aliphatic hydroxyl groups is 1. The highest BCUT2D eigenvalue weighted by atomic mass is 19.4. The highest BCUT2D eigenvalue weighted by Crippen LogP contribution is 2.28. The number of ether oxygens (including phenoxy) is 1. The number of aliphatic hydroxyl groups excluding tert-OH is 1. The van der Waals surface area contributed by atoms with Gasteiger partial charge >= 0.3 is 12.1 Å². The molecule has 0 saturated carbocycles. The number of carbonyl (C=O) groups excluding carboxylic acids is 1. The van der Waals surface area contributed by atoms with Gasteiger partial charge in [-0.3, -0.25) is 0 Å². The van der Waals surface area contributed by atoms with Crippen LogP contribution in [0.1, 0.15) is 12.5 Å². The van der Waals surface area contributed by atoms with Crippen LogP contribution in [0.15, 0.2) is 46.0 Å². The Hall–Kier alpha value is -2.38. The number of benzene rings is 1. The quantitative estimate of drug-likeness (QED) is 0.396. The number of aryl methyl sites for hydroxylation is 1. The number of rotatable bonds is 4. The molecular weight excluding hydrogens is 289 g/mol. The van der Waals surface area contributed by atoms with Crippen LogP contribution in [0.4, 0.5) is 18.9 Å². The molecule has 0 fully saturated rings. The van der Waals surface area contributed by atoms with Crippen LogP contribution >= 0.6 is 0 Å². The van der Waals surface area contributed by atoms with Gasteiger partial charge in [0.2, 0.25) is 11.5 Å². The summed E-state index contributed by atoms with van der Waals surface area (Å²) in [5, 5.41) is 15.7. The summed E-state index contributed by atoms with van der Waals surface area (Å²) in [7, 11) is 0. The molecule has 1 aromatic carbocycles. The Morgan fingerprint density at radius 3 is 2.33 bits per heavy atom. The van der Waals surface area contributed by atoms with E-state index >= 15 is 0 Å². The molecule has 1 aromatic rings. The molecule has 0 aliphatic carbocycles. The van der Waals surface area contributed by atoms with Gasteiger partial charge in [0.05, 0.1) is 12.3 Å². The van der Waals surface area contributed by atoms with Crippen molar-refractivity contribution in [2.75, 3.05) is 6.61 Å². The van der Waals surface area contributed by atoms with Crippen LogP contribution in [0, 0.1) is 6.92 Å². The fourth-order valence-electron chi connectivity index (χ4n) is 1.24. The first-order valence-electron chi connectivity index (χ1n) is 5.91. The maximum Gasteiger partial charge on any atom is 0.451 e. The Morgan fingerprint density at radius 1 is 1.29 bits per heavy atom. The Balaban J connectivity index is 3.14. The SMILES string of the molecule is CCOC(=O)/C(N=Nc1ccc(C)cc1)=C(/O)C(F)(F)F. The molecule has 0 aliphatic heterocycles. The molecule has 0 aliphatic rings. The maximum absolute atomic E-state index is 12.5. The lowest BCUT2D eigenvalue weighted by atomic mass is 10.2. The van der Waals surface area contributed by atoms with Gasteiger partial charge in [-0.1, -0.05) is 17.7 Å². The van der Waals surface area contributed by atoms with E-state index in [2.05, 4.69) is 15.0 Å². The largest absolute Gasteiger partial charge is 0.502 e. The number of hydrogen-bond acceptors (Lipinski definition) is 5. The Morgan fingerprint density at radius 2 is 1.86 bits per heavy atom. The Bertz CT molecular complexity index is 563. The van der Waals surface area contributed by atoms with Crippen molar-refractivity contribution in [3.63, 3.8) is 0 Å². The van der Waals surface area contributed by atoms with Crippen LogP contribution in [0.5, 0.6) is 0 Å². The molecule has 0 unspecified atom stereocenters. The van der Waals surface area contributed by atoms with Crippen molar-refractivity contribution < 1.29 is 27.8 Å². The highest BCUT2D eigenvalue weighted by molar-refractivity contribution is 5.88. The Labute approximate surface area is 118 Å². The number of azo groups is 1. The molecule has 0 aromatic heterocycles. The first-order valence-corrected chi connectivity index (χ1v) is 5.91. The van der Waals surface area contributed by atoms with Gasteiger partial charge in [-0.05, 0) is 26.0 Å². The summed E-state index contributed by atoms with van der Waals surface area (Å²) >= 11 is 0. The molecule has 8 heteroatoms. The summed E-state index contributed by atoms with van der Waals surface area (Å²) < 4.78 is 41.8. The lowest BCUT2D eigenvalue weighted by Crippen LogP contribution is -2.18. The molecule has 1 N–H and O–H groups in total. The van der Waals surface area contributed by atoms with Crippen LogP contribution in [0.3, 0.4) is 0 Å². The predicted octanol–water partition coefficient (Wildman–Crippen LogP) is 3.97. The number of allylic oxidation sites excluding steroid dienone is 1. The van der Waals surface area contributed by atoms with Crippen molar-refractivity contribution in [3.05, 3.63) is 41.3 Å². The van der Waals surface area contributed by atoms with E-state index in [9.17, 15) is 18.0 Å². The number of alkyl halides is 3. The number of halogens is 3. The van der Waals surface area contributed by atoms with E-state index < -0.39 is 23.6 Å². The minimum atomic E-state index is -5.12. The van der Waals surface area contributed by atoms with Crippen LogP contribution in [-0.2, 0) is 9.53 Å². The maximum atomic E-state index is 12.5. The fourth-order valence-corrected chi connectivity index (χ4v) is 1.24. The van der Waals surface area contributed by atoms with Crippen molar-refractivity contribution >= 4 is 11.7 Å². The monoisotopic (exact) mass is 302 g/mol. The van der Waals surface area contributed by atoms with Crippen molar-refractivity contribution in [3.8, 4) is 0 Å². The molecular formula is C13H13F3N2O3. The molecule has 0 atom stereocenters. The van der Waals surface area contributed by atoms with Gasteiger partial charge in [-0.2, -0.15) is 18.3 Å². The zero-order chi connectivity index (χ0) is 16.0. The van der Waals surface area contributed by atoms with Crippen LogP contribution < -0.4 is 0 Å². The molecule has 5 nitrogen and oxygen atoms in total. The number of nitrogens with zero attached hydrogens (tertiary/aromatic N) is 2. The van der Waals surface area contributed by atoms with E-state index in [-0.39, 0.29) is 12.3 Å². The van der Waals surface area contributed by atoms with Crippen molar-refractivity contribution in [1.29, 1.82) is 0 Å². The molecule has 0 heterocycles. The van der Waals surface area contributed by atoms with Gasteiger partial charge in [-0.15, -0.1) is 5.11 Å². The molecule has 1 rings (SSSR count). The first-order chi connectivity index (χ1) is 9.75. The van der Waals surface area contributed by atoms with Gasteiger partial charge in [0.25, 0.3) is 0 Å². The van der Waals surface area contributed by atoms with Gasteiger partial charge in [0.1, 0.15) is 0 Å². The van der Waals surface area contributed by atoms with Crippen LogP contribution in [-0.4, -0.2) is 23.9 Å². The van der Waals surface area contributed by atoms with Gasteiger partial charge < -0.3 is 9.84 Å². The second kappa shape index (κ2) is 6.87. The first kappa shape index (κ1) is 16.7. The summed E-state index contributed by atoms with van der Waals surface area (Å²) in [5.41, 5.74) is -0.129. The topological polar surface area (TPSA) is 71.2 Å². The molecule has 0 spiro atoms. The predicted molar refractivity (Wildman–Crippen MR) is 68.0 cm³/mol. The summed E-state index contributed by atoms with van der Waals surface area (Å²) in [6.07, 6.45) is -5.12. The molecule has 114 valence electrons. The smallest absolute Gasteiger partial charge is 0.451 e. The van der Waals surface area contributed by atoms with E-state index in [0.29, 0.717) is 0 Å². The normalized spacial score (nSPS) is 13.2. The summed E-state index contributed by atoms with van der Waals surface area (Å²) in [5.74, 6) is -3.54. The molecule has 0 saturated heterocycles. The third-order valence-electron chi connectivity index (χ3n) is 2.26. The van der Waals surface area contributed by atoms with E-state index in [1.165, 1.54) is 19.1 Å². The van der Waals surface area contributed by atoms with Crippen LogP contribution in [0.2, 0.25) is 0 Å². The zero-order valence-corrected chi connectivity index (χ0v) is 11.3. The van der Waals surface area contributed by atoms with E-state index in [1.54, 1.807) is 12.1 Å². The third-order valence-corrected chi connectivity index (χ3v) is 2.26. The lowest BCUT2D eigenvalue weighted by molar-refractivity contribution is -0.143.